The maximum atomic E-state index is 12.7. The quantitative estimate of drug-likeness (QED) is 0.791. The second-order valence-corrected chi connectivity index (χ2v) is 5.84. The Labute approximate surface area is 115 Å². The largest absolute Gasteiger partial charge is 0.342 e. The molecular formula is C15H24N2O2. The molecule has 2 rings (SSSR count). The second kappa shape index (κ2) is 5.76. The van der Waals surface area contributed by atoms with Gasteiger partial charge >= 0.3 is 0 Å². The summed E-state index contributed by atoms with van der Waals surface area (Å²) in [5, 5.41) is 2.89. The zero-order chi connectivity index (χ0) is 14.0. The van der Waals surface area contributed by atoms with E-state index in [1.165, 1.54) is 0 Å². The molecule has 0 aromatic heterocycles. The van der Waals surface area contributed by atoms with Crippen LogP contribution in [-0.4, -0.2) is 34.8 Å². The first kappa shape index (κ1) is 14.1. The number of allylic oxidation sites excluding steroid dienone is 1. The van der Waals surface area contributed by atoms with Crippen molar-refractivity contribution in [2.24, 2.45) is 5.92 Å². The van der Waals surface area contributed by atoms with E-state index in [-0.39, 0.29) is 35.9 Å². The van der Waals surface area contributed by atoms with Gasteiger partial charge < -0.3 is 10.2 Å². The highest BCUT2D eigenvalue weighted by atomic mass is 16.2. The number of hydrogen-bond acceptors (Lipinski definition) is 2. The molecule has 1 saturated heterocycles. The molecule has 19 heavy (non-hydrogen) atoms. The van der Waals surface area contributed by atoms with Crippen LogP contribution in [0.5, 0.6) is 0 Å². The number of nitrogens with zero attached hydrogens (tertiary/aromatic N) is 1. The maximum absolute atomic E-state index is 12.7. The lowest BCUT2D eigenvalue weighted by Crippen LogP contribution is -2.66. The summed E-state index contributed by atoms with van der Waals surface area (Å²) in [7, 11) is 0. The predicted molar refractivity (Wildman–Crippen MR) is 74.5 cm³/mol. The Morgan fingerprint density at radius 2 is 2.11 bits per heavy atom. The van der Waals surface area contributed by atoms with Gasteiger partial charge in [-0.1, -0.05) is 32.9 Å². The first-order valence-corrected chi connectivity index (χ1v) is 7.33. The van der Waals surface area contributed by atoms with E-state index in [1.54, 1.807) is 0 Å². The molecule has 2 amide bonds. The third-order valence-electron chi connectivity index (χ3n) is 4.14. The van der Waals surface area contributed by atoms with Gasteiger partial charge in [0.05, 0.1) is 0 Å². The van der Waals surface area contributed by atoms with Gasteiger partial charge in [-0.3, -0.25) is 9.59 Å². The molecule has 2 aliphatic rings. The number of carbonyl (C=O) groups is 2. The number of piperazine rings is 1. The van der Waals surface area contributed by atoms with Gasteiger partial charge in [0.2, 0.25) is 11.8 Å². The normalized spacial score (nSPS) is 31.8. The summed E-state index contributed by atoms with van der Waals surface area (Å²) >= 11 is 0. The van der Waals surface area contributed by atoms with Crippen LogP contribution in [0.1, 0.15) is 46.5 Å². The Morgan fingerprint density at radius 1 is 1.37 bits per heavy atom. The average molecular weight is 264 g/mol. The van der Waals surface area contributed by atoms with Gasteiger partial charge in [-0.2, -0.15) is 0 Å². The van der Waals surface area contributed by atoms with Crippen LogP contribution in [0.15, 0.2) is 12.2 Å². The maximum Gasteiger partial charge on any atom is 0.246 e. The van der Waals surface area contributed by atoms with Crippen LogP contribution in [0.3, 0.4) is 0 Å². The van der Waals surface area contributed by atoms with Crippen LogP contribution in [0.2, 0.25) is 0 Å². The van der Waals surface area contributed by atoms with Crippen molar-refractivity contribution < 1.29 is 9.59 Å². The van der Waals surface area contributed by atoms with E-state index in [0.717, 1.165) is 19.3 Å². The molecule has 0 aromatic carbocycles. The molecule has 1 aliphatic heterocycles. The predicted octanol–water partition coefficient (Wildman–Crippen LogP) is 1.86. The Balaban J connectivity index is 2.25. The lowest BCUT2D eigenvalue weighted by Gasteiger charge is -2.44. The fraction of sp³-hybridized carbons (Fsp3) is 0.733. The van der Waals surface area contributed by atoms with Crippen molar-refractivity contribution in [3.63, 3.8) is 0 Å². The molecule has 0 saturated carbocycles. The minimum Gasteiger partial charge on any atom is -0.342 e. The van der Waals surface area contributed by atoms with Crippen LogP contribution in [0.4, 0.5) is 0 Å². The van der Waals surface area contributed by atoms with E-state index >= 15 is 0 Å². The van der Waals surface area contributed by atoms with Gasteiger partial charge in [0, 0.05) is 6.04 Å². The molecule has 4 nitrogen and oxygen atoms in total. The van der Waals surface area contributed by atoms with Gasteiger partial charge in [0.1, 0.15) is 12.1 Å². The highest BCUT2D eigenvalue weighted by molar-refractivity contribution is 5.97. The summed E-state index contributed by atoms with van der Waals surface area (Å²) in [5.41, 5.74) is 0. The monoisotopic (exact) mass is 264 g/mol. The standard InChI is InChI=1S/C15H24N2O2/c1-4-12-14(18)16-13(10(2)3)15(19)17(12)11-8-6-5-7-9-11/h5-6,10-13H,4,7-9H2,1-3H3,(H,16,18). The Bertz CT molecular complexity index is 390. The Morgan fingerprint density at radius 3 is 2.63 bits per heavy atom. The van der Waals surface area contributed by atoms with E-state index < -0.39 is 0 Å². The molecule has 0 radical (unpaired) electrons. The van der Waals surface area contributed by atoms with Crippen LogP contribution in [0, 0.1) is 5.92 Å². The second-order valence-electron chi connectivity index (χ2n) is 5.84. The average Bonchev–Trinajstić information content (AvgIpc) is 2.41. The number of rotatable bonds is 3. The SMILES string of the molecule is CCC1C(=O)NC(C(C)C)C(=O)N1C1CC=CCC1. The zero-order valence-corrected chi connectivity index (χ0v) is 12.1. The molecule has 3 atom stereocenters. The zero-order valence-electron chi connectivity index (χ0n) is 12.1. The van der Waals surface area contributed by atoms with Crippen LogP contribution in [0.25, 0.3) is 0 Å². The molecule has 0 bridgehead atoms. The first-order chi connectivity index (χ1) is 9.06. The third kappa shape index (κ3) is 2.67. The van der Waals surface area contributed by atoms with Crippen LogP contribution in [-0.2, 0) is 9.59 Å². The number of nitrogens with one attached hydrogen (secondary N) is 1. The number of carbonyl (C=O) groups excluding carboxylic acids is 2. The summed E-state index contributed by atoms with van der Waals surface area (Å²) in [5.74, 6) is 0.244. The molecule has 4 heteroatoms. The van der Waals surface area contributed by atoms with Gasteiger partial charge in [0.15, 0.2) is 0 Å². The van der Waals surface area contributed by atoms with E-state index in [2.05, 4.69) is 17.5 Å². The number of amides is 2. The molecule has 1 heterocycles. The van der Waals surface area contributed by atoms with E-state index in [9.17, 15) is 9.59 Å². The fourth-order valence-corrected chi connectivity index (χ4v) is 3.05. The van der Waals surface area contributed by atoms with Crippen molar-refractivity contribution in [3.8, 4) is 0 Å². The van der Waals surface area contributed by atoms with Crippen molar-refractivity contribution in [2.45, 2.75) is 64.6 Å². The molecule has 1 fully saturated rings. The summed E-state index contributed by atoms with van der Waals surface area (Å²) in [4.78, 5) is 26.8. The molecule has 106 valence electrons. The minimum atomic E-state index is -0.360. The van der Waals surface area contributed by atoms with Gasteiger partial charge in [-0.15, -0.1) is 0 Å². The molecule has 0 aromatic rings. The summed E-state index contributed by atoms with van der Waals surface area (Å²) in [6.07, 6.45) is 7.82. The highest BCUT2D eigenvalue weighted by Crippen LogP contribution is 2.26. The van der Waals surface area contributed by atoms with Crippen molar-refractivity contribution in [3.05, 3.63) is 12.2 Å². The van der Waals surface area contributed by atoms with Crippen molar-refractivity contribution >= 4 is 11.8 Å². The smallest absolute Gasteiger partial charge is 0.246 e. The first-order valence-electron chi connectivity index (χ1n) is 7.33. The van der Waals surface area contributed by atoms with Crippen molar-refractivity contribution in [1.29, 1.82) is 0 Å². The Hall–Kier alpha value is -1.32. The molecule has 1 N–H and O–H groups in total. The number of hydrogen-bond donors (Lipinski definition) is 1. The molecule has 0 spiro atoms. The van der Waals surface area contributed by atoms with Crippen molar-refractivity contribution in [1.82, 2.24) is 10.2 Å². The molecule has 1 aliphatic carbocycles. The topological polar surface area (TPSA) is 49.4 Å². The molecular weight excluding hydrogens is 240 g/mol. The van der Waals surface area contributed by atoms with Crippen LogP contribution < -0.4 is 5.32 Å². The third-order valence-corrected chi connectivity index (χ3v) is 4.14. The summed E-state index contributed by atoms with van der Waals surface area (Å²) < 4.78 is 0. The van der Waals surface area contributed by atoms with E-state index in [1.807, 2.05) is 25.7 Å². The highest BCUT2D eigenvalue weighted by Gasteiger charge is 2.43. The van der Waals surface area contributed by atoms with E-state index in [0.29, 0.717) is 6.42 Å². The summed E-state index contributed by atoms with van der Waals surface area (Å²) in [6, 6.07) is -0.463. The van der Waals surface area contributed by atoms with Crippen LogP contribution >= 0.6 is 0 Å². The van der Waals surface area contributed by atoms with Crippen molar-refractivity contribution in [2.75, 3.05) is 0 Å². The molecule has 3 unspecified atom stereocenters. The van der Waals surface area contributed by atoms with E-state index in [4.69, 9.17) is 0 Å². The lowest BCUT2D eigenvalue weighted by molar-refractivity contribution is -0.153. The van der Waals surface area contributed by atoms with Gasteiger partial charge in [-0.25, -0.2) is 0 Å². The lowest BCUT2D eigenvalue weighted by atomic mass is 9.91. The summed E-state index contributed by atoms with van der Waals surface area (Å²) in [6.45, 7) is 5.93. The fourth-order valence-electron chi connectivity index (χ4n) is 3.05. The Kier molecular flexibility index (Phi) is 4.27. The van der Waals surface area contributed by atoms with Gasteiger partial charge in [0.25, 0.3) is 0 Å². The van der Waals surface area contributed by atoms with Gasteiger partial charge in [-0.05, 0) is 31.6 Å². The minimum absolute atomic E-state index is 0.00959.